The first-order chi connectivity index (χ1) is 8.67. The minimum absolute atomic E-state index is 0.129. The van der Waals surface area contributed by atoms with Crippen molar-refractivity contribution >= 4 is 35.7 Å². The van der Waals surface area contributed by atoms with Gasteiger partial charge in [0, 0.05) is 25.7 Å². The summed E-state index contributed by atoms with van der Waals surface area (Å²) in [5.41, 5.74) is 0. The van der Waals surface area contributed by atoms with Gasteiger partial charge in [-0.3, -0.25) is 9.59 Å². The highest BCUT2D eigenvalue weighted by Gasteiger charge is 2.09. The molecule has 0 bridgehead atoms. The molecule has 0 unspecified atom stereocenters. The van der Waals surface area contributed by atoms with Crippen molar-refractivity contribution in [3.05, 3.63) is 0 Å². The Hall–Kier alpha value is -0.360. The zero-order valence-electron chi connectivity index (χ0n) is 12.9. The van der Waals surface area contributed by atoms with Gasteiger partial charge in [0.05, 0.1) is 0 Å². The summed E-state index contributed by atoms with van der Waals surface area (Å²) in [7, 11) is 0. The van der Waals surface area contributed by atoms with Crippen molar-refractivity contribution in [3.63, 3.8) is 0 Å². The zero-order valence-corrected chi connectivity index (χ0v) is 14.7. The Kier molecular flexibility index (Phi) is 12.6. The van der Waals surface area contributed by atoms with Gasteiger partial charge in [-0.05, 0) is 33.6 Å². The van der Waals surface area contributed by atoms with Crippen LogP contribution in [-0.4, -0.2) is 46.0 Å². The zero-order chi connectivity index (χ0) is 15.6. The summed E-state index contributed by atoms with van der Waals surface area (Å²) in [5, 5.41) is -0.274. The Morgan fingerprint density at radius 2 is 1.42 bits per heavy atom. The lowest BCUT2D eigenvalue weighted by atomic mass is 10.2. The molecule has 2 amide bonds. The molecule has 0 heterocycles. The third-order valence-electron chi connectivity index (χ3n) is 2.45. The molecule has 0 aromatic rings. The van der Waals surface area contributed by atoms with Gasteiger partial charge in [0.1, 0.15) is 0 Å². The van der Waals surface area contributed by atoms with Crippen LogP contribution in [0.5, 0.6) is 0 Å². The van der Waals surface area contributed by atoms with E-state index >= 15 is 0 Å². The summed E-state index contributed by atoms with van der Waals surface area (Å²) in [6.07, 6.45) is 0. The molecule has 4 nitrogen and oxygen atoms in total. The van der Waals surface area contributed by atoms with Crippen LogP contribution in [0, 0.1) is 5.92 Å². The maximum Gasteiger partial charge on any atom is 0.278 e. The molecule has 0 aromatic heterocycles. The largest absolute Gasteiger partial charge is 0.334 e. The number of carbonyl (C=O) groups is 2. The van der Waals surface area contributed by atoms with Gasteiger partial charge in [-0.2, -0.15) is 0 Å². The fourth-order valence-electron chi connectivity index (χ4n) is 1.50. The van der Waals surface area contributed by atoms with E-state index in [1.165, 1.54) is 0 Å². The predicted octanol–water partition coefficient (Wildman–Crippen LogP) is 3.78. The first-order valence-electron chi connectivity index (χ1n) is 6.64. The van der Waals surface area contributed by atoms with Crippen molar-refractivity contribution < 1.29 is 9.59 Å². The summed E-state index contributed by atoms with van der Waals surface area (Å²) >= 11 is 7.43. The van der Waals surface area contributed by atoms with Crippen LogP contribution in [0.25, 0.3) is 0 Å². The van der Waals surface area contributed by atoms with E-state index in [9.17, 15) is 9.59 Å². The maximum atomic E-state index is 10.7. The topological polar surface area (TPSA) is 40.6 Å². The van der Waals surface area contributed by atoms with E-state index in [0.29, 0.717) is 5.92 Å². The van der Waals surface area contributed by atoms with E-state index in [4.69, 9.17) is 0 Å². The van der Waals surface area contributed by atoms with Crippen LogP contribution in [0.4, 0.5) is 9.59 Å². The molecule has 0 aliphatic heterocycles. The molecule has 0 aliphatic carbocycles. The number of nitrogens with zero attached hydrogens (tertiary/aromatic N) is 2. The molecule has 0 saturated heterocycles. The minimum Gasteiger partial charge on any atom is -0.334 e. The van der Waals surface area contributed by atoms with Crippen molar-refractivity contribution in [3.8, 4) is 0 Å². The van der Waals surface area contributed by atoms with Crippen molar-refractivity contribution in [1.82, 2.24) is 9.80 Å². The first kappa shape index (κ1) is 20.9. The van der Waals surface area contributed by atoms with Gasteiger partial charge in [0.25, 0.3) is 10.5 Å². The number of thiol groups is 2. The Bertz CT molecular complexity index is 271. The molecular formula is C13H28N2O2S2. The van der Waals surface area contributed by atoms with Gasteiger partial charge < -0.3 is 9.80 Å². The lowest BCUT2D eigenvalue weighted by molar-refractivity contribution is 0.213. The minimum atomic E-state index is -0.146. The van der Waals surface area contributed by atoms with Gasteiger partial charge in [-0.1, -0.05) is 39.1 Å². The quantitative estimate of drug-likeness (QED) is 0.759. The third-order valence-corrected chi connectivity index (χ3v) is 2.99. The molecule has 0 spiro atoms. The molecule has 0 rings (SSSR count). The summed E-state index contributed by atoms with van der Waals surface area (Å²) in [6, 6.07) is 0.264. The Balaban J connectivity index is 0. The smallest absolute Gasteiger partial charge is 0.278 e. The molecule has 6 heteroatoms. The predicted molar refractivity (Wildman–Crippen MR) is 88.4 cm³/mol. The van der Waals surface area contributed by atoms with Gasteiger partial charge in [-0.25, -0.2) is 0 Å². The second-order valence-electron chi connectivity index (χ2n) is 4.88. The third kappa shape index (κ3) is 11.2. The number of rotatable bonds is 5. The Labute approximate surface area is 128 Å². The number of carbonyl (C=O) groups excluding carboxylic acids is 2. The van der Waals surface area contributed by atoms with Crippen LogP contribution in [0.2, 0.25) is 0 Å². The highest BCUT2D eigenvalue weighted by molar-refractivity contribution is 7.96. The van der Waals surface area contributed by atoms with Crippen molar-refractivity contribution in [1.29, 1.82) is 0 Å². The summed E-state index contributed by atoms with van der Waals surface area (Å²) in [4.78, 5) is 24.7. The normalized spacial score (nSPS) is 10.0. The van der Waals surface area contributed by atoms with Gasteiger partial charge in [0.2, 0.25) is 0 Å². The van der Waals surface area contributed by atoms with Crippen molar-refractivity contribution in [2.75, 3.05) is 19.6 Å². The average molecular weight is 309 g/mol. The number of hydrogen-bond donors (Lipinski definition) is 2. The van der Waals surface area contributed by atoms with Crippen molar-refractivity contribution in [2.45, 2.75) is 47.6 Å². The summed E-state index contributed by atoms with van der Waals surface area (Å²) < 4.78 is 0. The van der Waals surface area contributed by atoms with Crippen LogP contribution in [-0.2, 0) is 0 Å². The highest BCUT2D eigenvalue weighted by atomic mass is 32.1. The van der Waals surface area contributed by atoms with Crippen LogP contribution in [0.3, 0.4) is 0 Å². The monoisotopic (exact) mass is 308 g/mol. The number of hydrogen-bond acceptors (Lipinski definition) is 2. The van der Waals surface area contributed by atoms with E-state index < -0.39 is 0 Å². The van der Waals surface area contributed by atoms with Gasteiger partial charge >= 0.3 is 0 Å². The van der Waals surface area contributed by atoms with Crippen LogP contribution in [0.15, 0.2) is 0 Å². The lowest BCUT2D eigenvalue weighted by Crippen LogP contribution is -2.32. The fourth-order valence-corrected chi connectivity index (χ4v) is 2.10. The molecule has 0 atom stereocenters. The molecule has 0 aliphatic rings. The average Bonchev–Trinajstić information content (AvgIpc) is 2.25. The second kappa shape index (κ2) is 11.5. The standard InChI is InChI=1S/C7H15NOS.C6H13NOS/c1-4-8(7(9)10)5-6(2)3;1-4-7(5(2)3)6(8)9/h6H,4-5H2,1-3H3,(H,9,10);5H,4H2,1-3H3,(H,8,9). The molecule has 0 aromatic carbocycles. The van der Waals surface area contributed by atoms with E-state index in [1.54, 1.807) is 9.80 Å². The van der Waals surface area contributed by atoms with E-state index in [0.717, 1.165) is 19.6 Å². The Morgan fingerprint density at radius 3 is 1.47 bits per heavy atom. The first-order valence-corrected chi connectivity index (χ1v) is 7.54. The molecular weight excluding hydrogens is 280 g/mol. The fraction of sp³-hybridized carbons (Fsp3) is 0.846. The van der Waals surface area contributed by atoms with E-state index in [1.807, 2.05) is 27.7 Å². The lowest BCUT2D eigenvalue weighted by Gasteiger charge is -2.22. The molecule has 0 fully saturated rings. The second-order valence-corrected chi connectivity index (χ2v) is 5.64. The maximum absolute atomic E-state index is 10.7. The molecule has 0 N–H and O–H groups in total. The highest BCUT2D eigenvalue weighted by Crippen LogP contribution is 2.01. The van der Waals surface area contributed by atoms with Crippen molar-refractivity contribution in [2.24, 2.45) is 5.92 Å². The molecule has 0 radical (unpaired) electrons. The molecule has 19 heavy (non-hydrogen) atoms. The summed E-state index contributed by atoms with van der Waals surface area (Å²) in [6.45, 7) is 14.3. The van der Waals surface area contributed by atoms with E-state index in [2.05, 4.69) is 39.1 Å². The van der Waals surface area contributed by atoms with Crippen LogP contribution in [0.1, 0.15) is 41.5 Å². The van der Waals surface area contributed by atoms with Gasteiger partial charge in [-0.15, -0.1) is 0 Å². The molecule has 0 saturated carbocycles. The summed E-state index contributed by atoms with van der Waals surface area (Å²) in [5.74, 6) is 0.524. The van der Waals surface area contributed by atoms with E-state index in [-0.39, 0.29) is 16.5 Å². The number of amides is 2. The van der Waals surface area contributed by atoms with Crippen LogP contribution >= 0.6 is 25.3 Å². The Morgan fingerprint density at radius 1 is 0.947 bits per heavy atom. The van der Waals surface area contributed by atoms with Gasteiger partial charge in [0.15, 0.2) is 0 Å². The SMILES string of the molecule is CCN(C(=O)S)C(C)C.CCN(CC(C)C)C(=O)S. The van der Waals surface area contributed by atoms with Crippen LogP contribution < -0.4 is 0 Å². The molecule has 114 valence electrons.